The molecule has 0 spiro atoms. The van der Waals surface area contributed by atoms with E-state index >= 15 is 0 Å². The molecular weight excluding hydrogens is 302 g/mol. The third-order valence-corrected chi connectivity index (χ3v) is 3.00. The van der Waals surface area contributed by atoms with Crippen LogP contribution in [0.15, 0.2) is 10.8 Å². The topological polar surface area (TPSA) is 73.3 Å². The molecule has 18 heavy (non-hydrogen) atoms. The van der Waals surface area contributed by atoms with Crippen molar-refractivity contribution in [2.75, 3.05) is 13.7 Å². The second-order valence-corrected chi connectivity index (χ2v) is 4.78. The Bertz CT molecular complexity index is 442. The molecule has 1 aliphatic heterocycles. The summed E-state index contributed by atoms with van der Waals surface area (Å²) in [6.45, 7) is 0.794. The second-order valence-electron chi connectivity index (χ2n) is 3.97. The van der Waals surface area contributed by atoms with Gasteiger partial charge in [0.1, 0.15) is 10.3 Å². The van der Waals surface area contributed by atoms with Gasteiger partial charge in [0.15, 0.2) is 0 Å². The fourth-order valence-electron chi connectivity index (χ4n) is 1.74. The zero-order chi connectivity index (χ0) is 13.0. The van der Waals surface area contributed by atoms with Gasteiger partial charge in [-0.1, -0.05) is 0 Å². The highest BCUT2D eigenvalue weighted by molar-refractivity contribution is 9.10. The molecule has 0 saturated carbocycles. The molecule has 1 amide bonds. The van der Waals surface area contributed by atoms with Gasteiger partial charge in [-0.25, -0.2) is 4.98 Å². The zero-order valence-electron chi connectivity index (χ0n) is 9.98. The molecule has 1 aliphatic rings. The maximum atomic E-state index is 11.0. The van der Waals surface area contributed by atoms with Crippen molar-refractivity contribution in [3.05, 3.63) is 16.5 Å². The first-order valence-corrected chi connectivity index (χ1v) is 6.41. The molecule has 0 unspecified atom stereocenters. The van der Waals surface area contributed by atoms with Gasteiger partial charge in [-0.2, -0.15) is 0 Å². The van der Waals surface area contributed by atoms with E-state index in [1.165, 1.54) is 7.11 Å². The first-order valence-electron chi connectivity index (χ1n) is 5.61. The third-order valence-electron chi connectivity index (χ3n) is 2.62. The number of rotatable bonds is 5. The number of hydrogen-bond donors (Lipinski definition) is 1. The minimum atomic E-state index is 0.0876. The van der Waals surface area contributed by atoms with Gasteiger partial charge >= 0.3 is 0 Å². The van der Waals surface area contributed by atoms with Gasteiger partial charge in [0.05, 0.1) is 32.6 Å². The van der Waals surface area contributed by atoms with E-state index in [9.17, 15) is 4.79 Å². The van der Waals surface area contributed by atoms with Crippen LogP contribution in [-0.4, -0.2) is 35.6 Å². The number of amides is 1. The fourth-order valence-corrected chi connectivity index (χ4v) is 2.00. The fraction of sp³-hybridized carbons (Fsp3) is 0.545. The Balaban J connectivity index is 1.84. The predicted molar refractivity (Wildman–Crippen MR) is 67.1 cm³/mol. The van der Waals surface area contributed by atoms with Crippen molar-refractivity contribution in [2.45, 2.75) is 25.5 Å². The van der Waals surface area contributed by atoms with Crippen molar-refractivity contribution in [3.8, 4) is 5.88 Å². The molecule has 2 heterocycles. The van der Waals surface area contributed by atoms with E-state index < -0.39 is 0 Å². The van der Waals surface area contributed by atoms with Crippen LogP contribution in [-0.2, 0) is 16.1 Å². The summed E-state index contributed by atoms with van der Waals surface area (Å²) in [7, 11) is 1.54. The van der Waals surface area contributed by atoms with Gasteiger partial charge in [-0.15, -0.1) is 0 Å². The van der Waals surface area contributed by atoms with Crippen LogP contribution in [0.5, 0.6) is 5.88 Å². The Morgan fingerprint density at radius 2 is 2.44 bits per heavy atom. The lowest BCUT2D eigenvalue weighted by Gasteiger charge is -2.11. The van der Waals surface area contributed by atoms with Crippen molar-refractivity contribution >= 4 is 21.8 Å². The summed E-state index contributed by atoms with van der Waals surface area (Å²) < 4.78 is 11.3. The molecule has 6 nitrogen and oxygen atoms in total. The van der Waals surface area contributed by atoms with Gasteiger partial charge in [0, 0.05) is 6.42 Å². The van der Waals surface area contributed by atoms with Crippen LogP contribution in [0.3, 0.4) is 0 Å². The molecule has 1 atom stereocenters. The smallest absolute Gasteiger partial charge is 0.238 e. The van der Waals surface area contributed by atoms with Gasteiger partial charge < -0.3 is 14.8 Å². The standard InChI is InChI=1S/C11H14BrN3O3/c1-17-11-8(13-4-9(12)15-11)6-18-5-7-2-3-10(16)14-7/h4,7H,2-3,5-6H2,1H3,(H,14,16)/t7-/m0/s1. The highest BCUT2D eigenvalue weighted by Crippen LogP contribution is 2.17. The number of hydrogen-bond acceptors (Lipinski definition) is 5. The van der Waals surface area contributed by atoms with E-state index in [0.29, 0.717) is 35.8 Å². The number of ether oxygens (including phenoxy) is 2. The third kappa shape index (κ3) is 3.39. The van der Waals surface area contributed by atoms with Crippen LogP contribution in [0.25, 0.3) is 0 Å². The molecule has 1 fully saturated rings. The van der Waals surface area contributed by atoms with Crippen molar-refractivity contribution in [2.24, 2.45) is 0 Å². The zero-order valence-corrected chi connectivity index (χ0v) is 11.6. The van der Waals surface area contributed by atoms with Crippen molar-refractivity contribution in [3.63, 3.8) is 0 Å². The average molecular weight is 316 g/mol. The SMILES string of the molecule is COc1nc(Br)cnc1COC[C@@H]1CCC(=O)N1. The molecule has 0 radical (unpaired) electrons. The van der Waals surface area contributed by atoms with Crippen LogP contribution in [0, 0.1) is 0 Å². The van der Waals surface area contributed by atoms with Crippen LogP contribution in [0.1, 0.15) is 18.5 Å². The number of halogens is 1. The second kappa shape index (κ2) is 6.10. The van der Waals surface area contributed by atoms with Gasteiger partial charge in [-0.3, -0.25) is 9.78 Å². The van der Waals surface area contributed by atoms with E-state index in [1.54, 1.807) is 6.20 Å². The van der Waals surface area contributed by atoms with Gasteiger partial charge in [-0.05, 0) is 22.4 Å². The average Bonchev–Trinajstić information content (AvgIpc) is 2.77. The number of carbonyl (C=O) groups is 1. The lowest BCUT2D eigenvalue weighted by atomic mass is 10.2. The lowest BCUT2D eigenvalue weighted by molar-refractivity contribution is -0.119. The van der Waals surface area contributed by atoms with Crippen molar-refractivity contribution < 1.29 is 14.3 Å². The summed E-state index contributed by atoms with van der Waals surface area (Å²) in [6, 6.07) is 0.104. The van der Waals surface area contributed by atoms with Crippen molar-refractivity contribution in [1.82, 2.24) is 15.3 Å². The number of methoxy groups -OCH3 is 1. The summed E-state index contributed by atoms with van der Waals surface area (Å²) in [5, 5.41) is 2.84. The number of carbonyl (C=O) groups excluding carboxylic acids is 1. The molecule has 0 aromatic carbocycles. The molecule has 1 aromatic rings. The number of aromatic nitrogens is 2. The minimum absolute atomic E-state index is 0.0876. The Kier molecular flexibility index (Phi) is 4.48. The largest absolute Gasteiger partial charge is 0.480 e. The Morgan fingerprint density at radius 1 is 1.61 bits per heavy atom. The number of nitrogens with zero attached hydrogens (tertiary/aromatic N) is 2. The van der Waals surface area contributed by atoms with Crippen LogP contribution >= 0.6 is 15.9 Å². The molecule has 98 valence electrons. The van der Waals surface area contributed by atoms with Crippen LogP contribution in [0.2, 0.25) is 0 Å². The van der Waals surface area contributed by atoms with E-state index in [0.717, 1.165) is 6.42 Å². The maximum absolute atomic E-state index is 11.0. The summed E-state index contributed by atoms with van der Waals surface area (Å²) in [5.41, 5.74) is 0.644. The number of nitrogens with one attached hydrogen (secondary N) is 1. The Hall–Kier alpha value is -1.21. The molecular formula is C11H14BrN3O3. The monoisotopic (exact) mass is 315 g/mol. The van der Waals surface area contributed by atoms with E-state index in [-0.39, 0.29) is 11.9 Å². The summed E-state index contributed by atoms with van der Waals surface area (Å²) in [4.78, 5) is 19.3. The molecule has 1 saturated heterocycles. The minimum Gasteiger partial charge on any atom is -0.480 e. The summed E-state index contributed by atoms with van der Waals surface area (Å²) in [6.07, 6.45) is 3.00. The molecule has 1 N–H and O–H groups in total. The van der Waals surface area contributed by atoms with E-state index in [4.69, 9.17) is 9.47 Å². The van der Waals surface area contributed by atoms with Crippen molar-refractivity contribution in [1.29, 1.82) is 0 Å². The first-order chi connectivity index (χ1) is 8.69. The quantitative estimate of drug-likeness (QED) is 0.879. The highest BCUT2D eigenvalue weighted by Gasteiger charge is 2.20. The summed E-state index contributed by atoms with van der Waals surface area (Å²) >= 11 is 3.22. The van der Waals surface area contributed by atoms with E-state index in [1.807, 2.05) is 0 Å². The summed E-state index contributed by atoms with van der Waals surface area (Å²) in [5.74, 6) is 0.532. The normalized spacial score (nSPS) is 18.8. The molecule has 1 aromatic heterocycles. The molecule has 0 aliphatic carbocycles. The lowest BCUT2D eigenvalue weighted by Crippen LogP contribution is -2.29. The molecule has 7 heteroatoms. The predicted octanol–water partition coefficient (Wildman–Crippen LogP) is 1.04. The highest BCUT2D eigenvalue weighted by atomic mass is 79.9. The Labute approximate surface area is 113 Å². The molecule has 0 bridgehead atoms. The maximum Gasteiger partial charge on any atom is 0.238 e. The van der Waals surface area contributed by atoms with Crippen LogP contribution < -0.4 is 10.1 Å². The van der Waals surface area contributed by atoms with E-state index in [2.05, 4.69) is 31.2 Å². The Morgan fingerprint density at radius 3 is 3.11 bits per heavy atom. The van der Waals surface area contributed by atoms with Gasteiger partial charge in [0.25, 0.3) is 0 Å². The van der Waals surface area contributed by atoms with Crippen LogP contribution in [0.4, 0.5) is 0 Å². The first kappa shape index (κ1) is 13.2. The molecule has 2 rings (SSSR count). The van der Waals surface area contributed by atoms with Gasteiger partial charge in [0.2, 0.25) is 11.8 Å².